The van der Waals surface area contributed by atoms with Crippen molar-refractivity contribution < 1.29 is 4.79 Å². The van der Waals surface area contributed by atoms with Gasteiger partial charge in [-0.3, -0.25) is 4.79 Å². The molecule has 0 aliphatic heterocycles. The summed E-state index contributed by atoms with van der Waals surface area (Å²) in [7, 11) is 0. The van der Waals surface area contributed by atoms with Gasteiger partial charge < -0.3 is 11.1 Å². The lowest BCUT2D eigenvalue weighted by Gasteiger charge is -2.36. The van der Waals surface area contributed by atoms with Crippen LogP contribution in [0.4, 0.5) is 5.69 Å². The first-order valence-electron chi connectivity index (χ1n) is 6.53. The third-order valence-electron chi connectivity index (χ3n) is 3.76. The van der Waals surface area contributed by atoms with Gasteiger partial charge in [-0.25, -0.2) is 4.68 Å². The van der Waals surface area contributed by atoms with E-state index in [1.54, 1.807) is 4.68 Å². The quantitative estimate of drug-likeness (QED) is 0.860. The molecule has 1 amide bonds. The number of carbonyl (C=O) groups excluding carboxylic acids is 1. The van der Waals surface area contributed by atoms with Crippen LogP contribution < -0.4 is 11.1 Å². The molecule has 0 radical (unpaired) electrons. The number of benzene rings is 1. The van der Waals surface area contributed by atoms with Crippen LogP contribution in [0, 0.1) is 6.92 Å². The number of nitrogens with zero attached hydrogens (tertiary/aromatic N) is 4. The van der Waals surface area contributed by atoms with Crippen molar-refractivity contribution >= 4 is 11.6 Å². The van der Waals surface area contributed by atoms with Crippen molar-refractivity contribution in [1.29, 1.82) is 0 Å². The zero-order chi connectivity index (χ0) is 14.2. The molecule has 1 aromatic carbocycles. The highest BCUT2D eigenvalue weighted by atomic mass is 16.2. The molecule has 0 saturated heterocycles. The maximum absolute atomic E-state index is 12.1. The van der Waals surface area contributed by atoms with Gasteiger partial charge in [-0.15, -0.1) is 5.10 Å². The molecule has 7 nitrogen and oxygen atoms in total. The summed E-state index contributed by atoms with van der Waals surface area (Å²) in [6.07, 6.45) is 4.01. The fraction of sp³-hybridized carbons (Fsp3) is 0.385. The molecule has 104 valence electrons. The number of nitrogens with one attached hydrogen (secondary N) is 1. The largest absolute Gasteiger partial charge is 0.324 e. The van der Waals surface area contributed by atoms with Gasteiger partial charge in [0.15, 0.2) is 0 Å². The summed E-state index contributed by atoms with van der Waals surface area (Å²) >= 11 is 0. The molecule has 1 heterocycles. The van der Waals surface area contributed by atoms with E-state index in [0.29, 0.717) is 5.69 Å². The molecule has 3 rings (SSSR count). The van der Waals surface area contributed by atoms with Crippen molar-refractivity contribution in [2.75, 3.05) is 5.32 Å². The molecular formula is C13H16N6O. The summed E-state index contributed by atoms with van der Waals surface area (Å²) in [5.74, 6) is -0.129. The Bertz CT molecular complexity index is 632. The Labute approximate surface area is 116 Å². The van der Waals surface area contributed by atoms with Gasteiger partial charge in [0.1, 0.15) is 6.33 Å². The summed E-state index contributed by atoms with van der Waals surface area (Å²) in [5, 5.41) is 14.0. The number of amides is 1. The van der Waals surface area contributed by atoms with E-state index in [1.807, 2.05) is 25.1 Å². The number of aromatic nitrogens is 4. The van der Waals surface area contributed by atoms with Crippen LogP contribution in [0.15, 0.2) is 24.5 Å². The second-order valence-corrected chi connectivity index (χ2v) is 5.22. The lowest BCUT2D eigenvalue weighted by atomic mass is 9.77. The Hall–Kier alpha value is -2.28. The topological polar surface area (TPSA) is 98.7 Å². The highest BCUT2D eigenvalue weighted by molar-refractivity contribution is 5.98. The molecule has 1 aliphatic rings. The molecule has 20 heavy (non-hydrogen) atoms. The Morgan fingerprint density at radius 3 is 2.85 bits per heavy atom. The first kappa shape index (κ1) is 12.7. The minimum atomic E-state index is -0.708. The van der Waals surface area contributed by atoms with Gasteiger partial charge in [0.25, 0.3) is 0 Å². The van der Waals surface area contributed by atoms with Crippen LogP contribution in [0.1, 0.15) is 24.8 Å². The maximum atomic E-state index is 12.1. The van der Waals surface area contributed by atoms with E-state index in [9.17, 15) is 4.79 Å². The second kappa shape index (κ2) is 4.68. The van der Waals surface area contributed by atoms with Crippen LogP contribution in [0.25, 0.3) is 5.69 Å². The monoisotopic (exact) mass is 272 g/mol. The summed E-state index contributed by atoms with van der Waals surface area (Å²) in [4.78, 5) is 12.1. The van der Waals surface area contributed by atoms with Crippen LogP contribution in [-0.4, -0.2) is 31.7 Å². The summed E-state index contributed by atoms with van der Waals surface area (Å²) in [5.41, 5.74) is 7.84. The predicted octanol–water partition coefficient (Wildman–Crippen LogP) is 0.791. The van der Waals surface area contributed by atoms with E-state index in [1.165, 1.54) is 6.33 Å². The van der Waals surface area contributed by atoms with Crippen molar-refractivity contribution in [3.8, 4) is 5.69 Å². The van der Waals surface area contributed by atoms with Crippen LogP contribution in [0.2, 0.25) is 0 Å². The van der Waals surface area contributed by atoms with Crippen molar-refractivity contribution in [3.63, 3.8) is 0 Å². The molecule has 1 fully saturated rings. The minimum Gasteiger partial charge on any atom is -0.324 e. The van der Waals surface area contributed by atoms with Crippen LogP contribution >= 0.6 is 0 Å². The molecule has 0 atom stereocenters. The molecule has 0 spiro atoms. The second-order valence-electron chi connectivity index (χ2n) is 5.22. The zero-order valence-electron chi connectivity index (χ0n) is 11.2. The number of tetrazole rings is 1. The number of carbonyl (C=O) groups is 1. The highest BCUT2D eigenvalue weighted by Crippen LogP contribution is 2.30. The smallest absolute Gasteiger partial charge is 0.244 e. The summed E-state index contributed by atoms with van der Waals surface area (Å²) in [6, 6.07) is 5.60. The minimum absolute atomic E-state index is 0.129. The van der Waals surface area contributed by atoms with Crippen molar-refractivity contribution in [2.24, 2.45) is 5.73 Å². The SMILES string of the molecule is Cc1ccc(NC(=O)C2(N)CCC2)cc1-n1cnnn1. The van der Waals surface area contributed by atoms with Gasteiger partial charge in [0.05, 0.1) is 11.2 Å². The van der Waals surface area contributed by atoms with Crippen molar-refractivity contribution in [1.82, 2.24) is 20.2 Å². The molecule has 0 bridgehead atoms. The Morgan fingerprint density at radius 2 is 2.25 bits per heavy atom. The average molecular weight is 272 g/mol. The van der Waals surface area contributed by atoms with Gasteiger partial charge >= 0.3 is 0 Å². The van der Waals surface area contributed by atoms with Crippen molar-refractivity contribution in [2.45, 2.75) is 31.7 Å². The first-order valence-corrected chi connectivity index (χ1v) is 6.53. The van der Waals surface area contributed by atoms with E-state index in [4.69, 9.17) is 5.73 Å². The average Bonchev–Trinajstić information content (AvgIpc) is 2.92. The van der Waals surface area contributed by atoms with Crippen LogP contribution in [0.5, 0.6) is 0 Å². The van der Waals surface area contributed by atoms with Crippen LogP contribution in [-0.2, 0) is 4.79 Å². The number of nitrogens with two attached hydrogens (primary N) is 1. The zero-order valence-corrected chi connectivity index (χ0v) is 11.2. The van der Waals surface area contributed by atoms with Crippen LogP contribution in [0.3, 0.4) is 0 Å². The van der Waals surface area contributed by atoms with Gasteiger partial charge in [-0.05, 0) is 54.3 Å². The summed E-state index contributed by atoms with van der Waals surface area (Å²) in [6.45, 7) is 1.96. The lowest BCUT2D eigenvalue weighted by Crippen LogP contribution is -2.56. The maximum Gasteiger partial charge on any atom is 0.244 e. The molecular weight excluding hydrogens is 256 g/mol. The van der Waals surface area contributed by atoms with Gasteiger partial charge in [-0.1, -0.05) is 6.07 Å². The van der Waals surface area contributed by atoms with E-state index < -0.39 is 5.54 Å². The molecule has 1 aromatic heterocycles. The van der Waals surface area contributed by atoms with E-state index >= 15 is 0 Å². The Morgan fingerprint density at radius 1 is 1.45 bits per heavy atom. The molecule has 0 unspecified atom stereocenters. The fourth-order valence-corrected chi connectivity index (χ4v) is 2.25. The lowest BCUT2D eigenvalue weighted by molar-refractivity contribution is -0.123. The molecule has 3 N–H and O–H groups in total. The number of aryl methyl sites for hydroxylation is 1. The number of hydrogen-bond donors (Lipinski definition) is 2. The van der Waals surface area contributed by atoms with E-state index in [2.05, 4.69) is 20.8 Å². The number of hydrogen-bond acceptors (Lipinski definition) is 5. The summed E-state index contributed by atoms with van der Waals surface area (Å²) < 4.78 is 1.56. The van der Waals surface area contributed by atoms with E-state index in [-0.39, 0.29) is 5.91 Å². The normalized spacial score (nSPS) is 16.5. The first-order chi connectivity index (χ1) is 9.58. The number of anilines is 1. The van der Waals surface area contributed by atoms with Gasteiger partial charge in [-0.2, -0.15) is 0 Å². The molecule has 1 aliphatic carbocycles. The molecule has 1 saturated carbocycles. The third-order valence-corrected chi connectivity index (χ3v) is 3.76. The van der Waals surface area contributed by atoms with Gasteiger partial charge in [0, 0.05) is 5.69 Å². The number of rotatable bonds is 3. The highest BCUT2D eigenvalue weighted by Gasteiger charge is 2.40. The van der Waals surface area contributed by atoms with Gasteiger partial charge in [0.2, 0.25) is 5.91 Å². The third kappa shape index (κ3) is 2.16. The Balaban J connectivity index is 1.84. The molecule has 7 heteroatoms. The van der Waals surface area contributed by atoms with E-state index in [0.717, 1.165) is 30.5 Å². The Kier molecular flexibility index (Phi) is 2.98. The molecule has 2 aromatic rings. The predicted molar refractivity (Wildman–Crippen MR) is 73.3 cm³/mol. The fourth-order valence-electron chi connectivity index (χ4n) is 2.25. The van der Waals surface area contributed by atoms with Crippen molar-refractivity contribution in [3.05, 3.63) is 30.1 Å². The standard InChI is InChI=1S/C13H16N6O/c1-9-3-4-10(7-11(9)19-8-15-17-18-19)16-12(20)13(14)5-2-6-13/h3-4,7-8H,2,5-6,14H2,1H3,(H,16,20).